The van der Waals surface area contributed by atoms with Gasteiger partial charge in [-0.15, -0.1) is 0 Å². The van der Waals surface area contributed by atoms with Gasteiger partial charge in [-0.1, -0.05) is 0 Å². The molecule has 0 spiro atoms. The lowest BCUT2D eigenvalue weighted by Crippen LogP contribution is -2.31. The number of aromatic nitrogens is 3. The summed E-state index contributed by atoms with van der Waals surface area (Å²) < 4.78 is 7.47. The monoisotopic (exact) mass is 288 g/mol. The quantitative estimate of drug-likeness (QED) is 0.939. The molecule has 5 heteroatoms. The zero-order valence-corrected chi connectivity index (χ0v) is 13.1. The van der Waals surface area contributed by atoms with Crippen LogP contribution in [0.1, 0.15) is 42.8 Å². The highest BCUT2D eigenvalue weighted by atomic mass is 16.5. The topological polar surface area (TPSA) is 51.5 Å². The van der Waals surface area contributed by atoms with Crippen LogP contribution >= 0.6 is 0 Å². The second-order valence-corrected chi connectivity index (χ2v) is 6.07. The van der Waals surface area contributed by atoms with Crippen LogP contribution < -0.4 is 5.32 Å². The second kappa shape index (κ2) is 6.12. The molecule has 1 fully saturated rings. The van der Waals surface area contributed by atoms with Gasteiger partial charge in [-0.25, -0.2) is 9.50 Å². The standard InChI is InChI=1S/C16H24N4O/c1-11-7-16-18-9-15(13(3)20(16)19-11)12(2)17-8-14-5-4-6-21-10-14/h7,9,12,14,17H,4-6,8,10H2,1-3H3. The van der Waals surface area contributed by atoms with Gasteiger partial charge in [0.1, 0.15) is 0 Å². The molecule has 114 valence electrons. The Hall–Kier alpha value is -1.46. The van der Waals surface area contributed by atoms with Crippen molar-refractivity contribution in [3.63, 3.8) is 0 Å². The van der Waals surface area contributed by atoms with Crippen LogP contribution in [0.25, 0.3) is 5.65 Å². The van der Waals surface area contributed by atoms with Gasteiger partial charge in [-0.3, -0.25) is 0 Å². The highest BCUT2D eigenvalue weighted by molar-refractivity contribution is 5.42. The fraction of sp³-hybridized carbons (Fsp3) is 0.625. The van der Waals surface area contributed by atoms with E-state index in [0.29, 0.717) is 5.92 Å². The van der Waals surface area contributed by atoms with Gasteiger partial charge in [0.25, 0.3) is 0 Å². The highest BCUT2D eigenvalue weighted by Gasteiger charge is 2.17. The zero-order valence-electron chi connectivity index (χ0n) is 13.1. The third-order valence-corrected chi connectivity index (χ3v) is 4.32. The van der Waals surface area contributed by atoms with Crippen LogP contribution in [0.3, 0.4) is 0 Å². The molecule has 2 aromatic rings. The zero-order chi connectivity index (χ0) is 14.8. The number of hydrogen-bond acceptors (Lipinski definition) is 4. The Morgan fingerprint density at radius 1 is 1.48 bits per heavy atom. The molecule has 0 saturated carbocycles. The van der Waals surface area contributed by atoms with Gasteiger partial charge in [0.15, 0.2) is 5.65 Å². The summed E-state index contributed by atoms with van der Waals surface area (Å²) in [5, 5.41) is 8.13. The third kappa shape index (κ3) is 3.09. The molecule has 0 aromatic carbocycles. The maximum atomic E-state index is 5.54. The Balaban J connectivity index is 1.71. The molecule has 1 aliphatic rings. The molecule has 0 amide bonds. The van der Waals surface area contributed by atoms with E-state index in [1.54, 1.807) is 0 Å². The molecule has 2 unspecified atom stereocenters. The van der Waals surface area contributed by atoms with Gasteiger partial charge >= 0.3 is 0 Å². The Morgan fingerprint density at radius 2 is 2.33 bits per heavy atom. The van der Waals surface area contributed by atoms with Gasteiger partial charge in [0.2, 0.25) is 0 Å². The summed E-state index contributed by atoms with van der Waals surface area (Å²) in [5.41, 5.74) is 4.29. The molecule has 0 radical (unpaired) electrons. The van der Waals surface area contributed by atoms with E-state index in [1.165, 1.54) is 18.4 Å². The predicted octanol–water partition coefficient (Wildman–Crippen LogP) is 2.42. The second-order valence-electron chi connectivity index (χ2n) is 6.07. The lowest BCUT2D eigenvalue weighted by molar-refractivity contribution is 0.0540. The number of fused-ring (bicyclic) bond motifs is 1. The van der Waals surface area contributed by atoms with Gasteiger partial charge in [0.05, 0.1) is 12.3 Å². The number of hydrogen-bond donors (Lipinski definition) is 1. The minimum absolute atomic E-state index is 0.272. The van der Waals surface area contributed by atoms with Gasteiger partial charge in [-0.2, -0.15) is 5.10 Å². The molecule has 2 aromatic heterocycles. The highest BCUT2D eigenvalue weighted by Crippen LogP contribution is 2.19. The minimum atomic E-state index is 0.272. The number of ether oxygens (including phenoxy) is 1. The first-order valence-electron chi connectivity index (χ1n) is 7.78. The molecule has 3 rings (SSSR count). The van der Waals surface area contributed by atoms with E-state index in [2.05, 4.69) is 29.2 Å². The van der Waals surface area contributed by atoms with Crippen LogP contribution in [0.5, 0.6) is 0 Å². The van der Waals surface area contributed by atoms with Crippen molar-refractivity contribution in [2.75, 3.05) is 19.8 Å². The van der Waals surface area contributed by atoms with Crippen molar-refractivity contribution in [3.8, 4) is 0 Å². The molecule has 1 saturated heterocycles. The van der Waals surface area contributed by atoms with Gasteiger partial charge in [0, 0.05) is 42.7 Å². The van der Waals surface area contributed by atoms with E-state index in [9.17, 15) is 0 Å². The van der Waals surface area contributed by atoms with Gasteiger partial charge < -0.3 is 10.1 Å². The smallest absolute Gasteiger partial charge is 0.155 e. The molecule has 5 nitrogen and oxygen atoms in total. The minimum Gasteiger partial charge on any atom is -0.381 e. The van der Waals surface area contributed by atoms with Crippen molar-refractivity contribution < 1.29 is 4.74 Å². The van der Waals surface area contributed by atoms with Crippen molar-refractivity contribution in [2.24, 2.45) is 5.92 Å². The van der Waals surface area contributed by atoms with E-state index in [4.69, 9.17) is 4.74 Å². The van der Waals surface area contributed by atoms with E-state index < -0.39 is 0 Å². The molecule has 1 N–H and O–H groups in total. The summed E-state index contributed by atoms with van der Waals surface area (Å²) >= 11 is 0. The van der Waals surface area contributed by atoms with Crippen LogP contribution in [0.15, 0.2) is 12.3 Å². The fourth-order valence-corrected chi connectivity index (χ4v) is 3.02. The fourth-order valence-electron chi connectivity index (χ4n) is 3.02. The summed E-state index contributed by atoms with van der Waals surface area (Å²) in [6.07, 6.45) is 4.41. The van der Waals surface area contributed by atoms with Crippen molar-refractivity contribution in [1.29, 1.82) is 0 Å². The molecule has 1 aliphatic heterocycles. The third-order valence-electron chi connectivity index (χ3n) is 4.32. The number of nitrogens with zero attached hydrogens (tertiary/aromatic N) is 3. The van der Waals surface area contributed by atoms with Crippen LogP contribution in [-0.2, 0) is 4.74 Å². The Kier molecular flexibility index (Phi) is 4.22. The average Bonchev–Trinajstić information content (AvgIpc) is 2.88. The summed E-state index contributed by atoms with van der Waals surface area (Å²) in [4.78, 5) is 4.51. The lowest BCUT2D eigenvalue weighted by Gasteiger charge is -2.25. The largest absolute Gasteiger partial charge is 0.381 e. The summed E-state index contributed by atoms with van der Waals surface area (Å²) in [5.74, 6) is 0.630. The summed E-state index contributed by atoms with van der Waals surface area (Å²) in [6, 6.07) is 2.28. The average molecular weight is 288 g/mol. The number of aryl methyl sites for hydroxylation is 2. The molecule has 0 bridgehead atoms. The molecular weight excluding hydrogens is 264 g/mol. The molecule has 0 aliphatic carbocycles. The normalized spacial score (nSPS) is 20.8. The van der Waals surface area contributed by atoms with Gasteiger partial charge in [-0.05, 0) is 39.5 Å². The summed E-state index contributed by atoms with van der Waals surface area (Å²) in [6.45, 7) is 9.10. The van der Waals surface area contributed by atoms with Crippen LogP contribution in [0.4, 0.5) is 0 Å². The van der Waals surface area contributed by atoms with E-state index in [0.717, 1.165) is 36.8 Å². The number of nitrogens with one attached hydrogen (secondary N) is 1. The van der Waals surface area contributed by atoms with E-state index in [1.807, 2.05) is 23.7 Å². The Labute approximate surface area is 125 Å². The van der Waals surface area contributed by atoms with Crippen molar-refractivity contribution in [3.05, 3.63) is 29.2 Å². The predicted molar refractivity (Wildman–Crippen MR) is 82.4 cm³/mol. The SMILES string of the molecule is Cc1cc2ncc(C(C)NCC3CCCOC3)c(C)n2n1. The molecular formula is C16H24N4O. The molecule has 2 atom stereocenters. The van der Waals surface area contributed by atoms with Crippen molar-refractivity contribution in [2.45, 2.75) is 39.7 Å². The lowest BCUT2D eigenvalue weighted by atomic mass is 10.0. The Bertz CT molecular complexity index is 616. The maximum absolute atomic E-state index is 5.54. The van der Waals surface area contributed by atoms with Crippen LogP contribution in [0, 0.1) is 19.8 Å². The number of rotatable bonds is 4. The Morgan fingerprint density at radius 3 is 3.10 bits per heavy atom. The van der Waals surface area contributed by atoms with Crippen LogP contribution in [-0.4, -0.2) is 34.4 Å². The van der Waals surface area contributed by atoms with Crippen LogP contribution in [0.2, 0.25) is 0 Å². The first-order chi connectivity index (χ1) is 10.1. The maximum Gasteiger partial charge on any atom is 0.155 e. The summed E-state index contributed by atoms with van der Waals surface area (Å²) in [7, 11) is 0. The van der Waals surface area contributed by atoms with Crippen molar-refractivity contribution >= 4 is 5.65 Å². The van der Waals surface area contributed by atoms with Crippen molar-refractivity contribution in [1.82, 2.24) is 19.9 Å². The van der Waals surface area contributed by atoms with E-state index in [-0.39, 0.29) is 6.04 Å². The van der Waals surface area contributed by atoms with E-state index >= 15 is 0 Å². The first-order valence-corrected chi connectivity index (χ1v) is 7.78. The molecule has 21 heavy (non-hydrogen) atoms. The molecule has 3 heterocycles. The first kappa shape index (κ1) is 14.5.